The van der Waals surface area contributed by atoms with Gasteiger partial charge in [-0.05, 0) is 32.3 Å². The number of hydrogen-bond acceptors (Lipinski definition) is 6. The molecule has 1 atom stereocenters. The largest absolute Gasteiger partial charge is 0.480 e. The van der Waals surface area contributed by atoms with Crippen LogP contribution in [0.3, 0.4) is 0 Å². The summed E-state index contributed by atoms with van der Waals surface area (Å²) in [5.41, 5.74) is 0. The summed E-state index contributed by atoms with van der Waals surface area (Å²) in [5.74, 6) is 0.676. The van der Waals surface area contributed by atoms with Crippen LogP contribution in [0, 0.1) is 0 Å². The highest BCUT2D eigenvalue weighted by Crippen LogP contribution is 2.22. The predicted molar refractivity (Wildman–Crippen MR) is 76.7 cm³/mol. The molecule has 0 aliphatic carbocycles. The quantitative estimate of drug-likeness (QED) is 0.671. The standard InChI is InChI=1S/C13H24N2O3S/c1-5-17-13(18-6-2)7-8-14-10(3)11-9-12(16-4)15-19-11/h9-10,13-14H,5-8H2,1-4H3/t10-/m0/s1. The van der Waals surface area contributed by atoms with Gasteiger partial charge in [-0.2, -0.15) is 4.37 Å². The third-order valence-corrected chi connectivity index (χ3v) is 3.63. The lowest BCUT2D eigenvalue weighted by Crippen LogP contribution is -2.26. The SMILES string of the molecule is CCOC(CCN[C@@H](C)c1cc(OC)ns1)OCC. The summed E-state index contributed by atoms with van der Waals surface area (Å²) in [6.45, 7) is 8.26. The molecule has 0 aromatic carbocycles. The molecule has 0 saturated carbocycles. The molecule has 0 fully saturated rings. The lowest BCUT2D eigenvalue weighted by atomic mass is 10.2. The van der Waals surface area contributed by atoms with Gasteiger partial charge in [0.25, 0.3) is 0 Å². The number of hydrogen-bond donors (Lipinski definition) is 1. The molecule has 19 heavy (non-hydrogen) atoms. The van der Waals surface area contributed by atoms with E-state index in [4.69, 9.17) is 14.2 Å². The van der Waals surface area contributed by atoms with Crippen LogP contribution in [0.2, 0.25) is 0 Å². The fourth-order valence-corrected chi connectivity index (χ4v) is 2.39. The van der Waals surface area contributed by atoms with Crippen LogP contribution in [0.5, 0.6) is 5.88 Å². The zero-order valence-corrected chi connectivity index (χ0v) is 13.0. The minimum Gasteiger partial charge on any atom is -0.480 e. The van der Waals surface area contributed by atoms with Crippen LogP contribution in [0.15, 0.2) is 6.07 Å². The number of rotatable bonds is 10. The molecular formula is C13H24N2O3S. The molecule has 1 aromatic rings. The second kappa shape index (κ2) is 9.25. The van der Waals surface area contributed by atoms with E-state index in [2.05, 4.69) is 16.6 Å². The Balaban J connectivity index is 2.30. The Labute approximate surface area is 119 Å². The highest BCUT2D eigenvalue weighted by molar-refractivity contribution is 7.06. The molecule has 5 nitrogen and oxygen atoms in total. The van der Waals surface area contributed by atoms with Crippen molar-refractivity contribution >= 4 is 11.5 Å². The number of nitrogens with one attached hydrogen (secondary N) is 1. The first-order valence-corrected chi connectivity index (χ1v) is 7.45. The van der Waals surface area contributed by atoms with Gasteiger partial charge in [-0.1, -0.05) is 0 Å². The number of ether oxygens (including phenoxy) is 3. The van der Waals surface area contributed by atoms with Gasteiger partial charge in [0.2, 0.25) is 5.88 Å². The molecule has 110 valence electrons. The number of nitrogens with zero attached hydrogens (tertiary/aromatic N) is 1. The summed E-state index contributed by atoms with van der Waals surface area (Å²) in [5, 5.41) is 3.44. The molecular weight excluding hydrogens is 264 g/mol. The van der Waals surface area contributed by atoms with E-state index >= 15 is 0 Å². The van der Waals surface area contributed by atoms with E-state index in [9.17, 15) is 0 Å². The molecule has 1 aromatic heterocycles. The third-order valence-electron chi connectivity index (χ3n) is 2.68. The molecule has 0 unspecified atom stereocenters. The maximum absolute atomic E-state index is 5.50. The molecule has 1 heterocycles. The lowest BCUT2D eigenvalue weighted by molar-refractivity contribution is -0.138. The Morgan fingerprint density at radius 2 is 2.00 bits per heavy atom. The Morgan fingerprint density at radius 1 is 1.32 bits per heavy atom. The molecule has 1 rings (SSSR count). The van der Waals surface area contributed by atoms with Gasteiger partial charge >= 0.3 is 0 Å². The normalized spacial score (nSPS) is 12.9. The van der Waals surface area contributed by atoms with Gasteiger partial charge in [0.1, 0.15) is 0 Å². The van der Waals surface area contributed by atoms with Crippen molar-refractivity contribution in [3.63, 3.8) is 0 Å². The van der Waals surface area contributed by atoms with Gasteiger partial charge in [0.05, 0.1) is 7.11 Å². The first kappa shape index (κ1) is 16.4. The Hall–Kier alpha value is -0.690. The molecule has 0 spiro atoms. The van der Waals surface area contributed by atoms with Crippen LogP contribution in [0.25, 0.3) is 0 Å². The summed E-state index contributed by atoms with van der Waals surface area (Å²) < 4.78 is 20.3. The molecule has 0 saturated heterocycles. The van der Waals surface area contributed by atoms with Gasteiger partial charge < -0.3 is 19.5 Å². The van der Waals surface area contributed by atoms with E-state index in [1.807, 2.05) is 19.9 Å². The second-order valence-electron chi connectivity index (χ2n) is 4.08. The zero-order valence-electron chi connectivity index (χ0n) is 12.1. The van der Waals surface area contributed by atoms with E-state index in [0.29, 0.717) is 19.1 Å². The van der Waals surface area contributed by atoms with Gasteiger partial charge in [-0.15, -0.1) is 0 Å². The minimum absolute atomic E-state index is 0.120. The highest BCUT2D eigenvalue weighted by atomic mass is 32.1. The van der Waals surface area contributed by atoms with Crippen molar-refractivity contribution in [2.45, 2.75) is 39.5 Å². The first-order valence-electron chi connectivity index (χ1n) is 6.68. The topological polar surface area (TPSA) is 52.6 Å². The van der Waals surface area contributed by atoms with Crippen molar-refractivity contribution in [1.82, 2.24) is 9.69 Å². The van der Waals surface area contributed by atoms with Crippen LogP contribution in [0.4, 0.5) is 0 Å². The molecule has 1 N–H and O–H groups in total. The maximum atomic E-state index is 5.50. The fraction of sp³-hybridized carbons (Fsp3) is 0.769. The summed E-state index contributed by atoms with van der Waals surface area (Å²) >= 11 is 1.46. The molecule has 0 radical (unpaired) electrons. The summed E-state index contributed by atoms with van der Waals surface area (Å²) in [6, 6.07) is 2.22. The van der Waals surface area contributed by atoms with Crippen molar-refractivity contribution in [2.24, 2.45) is 0 Å². The van der Waals surface area contributed by atoms with Crippen LogP contribution in [-0.2, 0) is 9.47 Å². The monoisotopic (exact) mass is 288 g/mol. The predicted octanol–water partition coefficient (Wildman–Crippen LogP) is 2.59. The van der Waals surface area contributed by atoms with E-state index in [-0.39, 0.29) is 12.3 Å². The van der Waals surface area contributed by atoms with Crippen LogP contribution < -0.4 is 10.1 Å². The lowest BCUT2D eigenvalue weighted by Gasteiger charge is -2.18. The highest BCUT2D eigenvalue weighted by Gasteiger charge is 2.12. The maximum Gasteiger partial charge on any atom is 0.225 e. The Kier molecular flexibility index (Phi) is 7.97. The van der Waals surface area contributed by atoms with Crippen LogP contribution in [0.1, 0.15) is 38.1 Å². The molecule has 0 amide bonds. The van der Waals surface area contributed by atoms with E-state index in [1.54, 1.807) is 7.11 Å². The Bertz CT molecular complexity index is 340. The molecule has 0 aliphatic rings. The summed E-state index contributed by atoms with van der Waals surface area (Å²) in [6.07, 6.45) is 0.716. The molecule has 0 aliphatic heterocycles. The summed E-state index contributed by atoms with van der Waals surface area (Å²) in [4.78, 5) is 1.17. The first-order chi connectivity index (χ1) is 9.21. The zero-order chi connectivity index (χ0) is 14.1. The van der Waals surface area contributed by atoms with E-state index in [0.717, 1.165) is 13.0 Å². The Morgan fingerprint density at radius 3 is 2.53 bits per heavy atom. The van der Waals surface area contributed by atoms with Gasteiger partial charge in [0, 0.05) is 43.2 Å². The smallest absolute Gasteiger partial charge is 0.225 e. The minimum atomic E-state index is -0.120. The second-order valence-corrected chi connectivity index (χ2v) is 4.91. The molecule has 0 bridgehead atoms. The van der Waals surface area contributed by atoms with Gasteiger partial charge in [0.15, 0.2) is 6.29 Å². The molecule has 6 heteroatoms. The van der Waals surface area contributed by atoms with Crippen molar-refractivity contribution in [3.8, 4) is 5.88 Å². The van der Waals surface area contributed by atoms with E-state index < -0.39 is 0 Å². The van der Waals surface area contributed by atoms with Crippen LogP contribution in [-0.4, -0.2) is 37.5 Å². The number of aromatic nitrogens is 1. The van der Waals surface area contributed by atoms with Crippen LogP contribution >= 0.6 is 11.5 Å². The van der Waals surface area contributed by atoms with E-state index in [1.165, 1.54) is 16.4 Å². The average molecular weight is 288 g/mol. The average Bonchev–Trinajstić information content (AvgIpc) is 2.88. The van der Waals surface area contributed by atoms with Crippen molar-refractivity contribution in [3.05, 3.63) is 10.9 Å². The van der Waals surface area contributed by atoms with Gasteiger partial charge in [-0.3, -0.25) is 0 Å². The van der Waals surface area contributed by atoms with Crippen molar-refractivity contribution in [1.29, 1.82) is 0 Å². The fourth-order valence-electron chi connectivity index (χ4n) is 1.68. The number of methoxy groups -OCH3 is 1. The third kappa shape index (κ3) is 5.86. The summed E-state index contributed by atoms with van der Waals surface area (Å²) in [7, 11) is 1.63. The van der Waals surface area contributed by atoms with Gasteiger partial charge in [-0.25, -0.2) is 0 Å². The van der Waals surface area contributed by atoms with Crippen molar-refractivity contribution < 1.29 is 14.2 Å². The van der Waals surface area contributed by atoms with Crippen molar-refractivity contribution in [2.75, 3.05) is 26.9 Å².